The van der Waals surface area contributed by atoms with Gasteiger partial charge in [-0.3, -0.25) is 4.79 Å². The summed E-state index contributed by atoms with van der Waals surface area (Å²) in [6.45, 7) is 11.5. The van der Waals surface area contributed by atoms with Crippen LogP contribution in [-0.4, -0.2) is 32.1 Å². The Bertz CT molecular complexity index is 583. The minimum atomic E-state index is -0.884. The summed E-state index contributed by atoms with van der Waals surface area (Å²) in [7, 11) is 0. The molecule has 0 aliphatic rings. The van der Waals surface area contributed by atoms with Crippen LogP contribution in [0.15, 0.2) is 5.16 Å². The van der Waals surface area contributed by atoms with Gasteiger partial charge in [-0.2, -0.15) is 5.26 Å². The molecule has 0 spiro atoms. The van der Waals surface area contributed by atoms with Crippen molar-refractivity contribution in [3.63, 3.8) is 0 Å². The first-order chi connectivity index (χ1) is 10.0. The molecule has 0 bridgehead atoms. The van der Waals surface area contributed by atoms with Crippen molar-refractivity contribution in [1.29, 1.82) is 5.26 Å². The first-order valence-corrected chi connectivity index (χ1v) is 8.06. The fourth-order valence-corrected chi connectivity index (χ4v) is 2.30. The van der Waals surface area contributed by atoms with Crippen molar-refractivity contribution < 1.29 is 4.79 Å². The van der Waals surface area contributed by atoms with Crippen LogP contribution in [0.4, 0.5) is 0 Å². The maximum absolute atomic E-state index is 12.0. The van der Waals surface area contributed by atoms with E-state index in [1.54, 1.807) is 6.92 Å². The lowest BCUT2D eigenvalue weighted by Crippen LogP contribution is -2.49. The van der Waals surface area contributed by atoms with Gasteiger partial charge in [0.1, 0.15) is 5.54 Å². The van der Waals surface area contributed by atoms with Gasteiger partial charge in [0.15, 0.2) is 5.82 Å². The molecular formula is C14H24N6OS. The number of aromatic nitrogens is 3. The quantitative estimate of drug-likeness (QED) is 0.626. The number of hydrogen-bond donors (Lipinski definition) is 2. The zero-order chi connectivity index (χ0) is 17.1. The van der Waals surface area contributed by atoms with Gasteiger partial charge >= 0.3 is 0 Å². The van der Waals surface area contributed by atoms with E-state index >= 15 is 0 Å². The van der Waals surface area contributed by atoms with Crippen molar-refractivity contribution in [3.8, 4) is 6.07 Å². The molecule has 0 fully saturated rings. The van der Waals surface area contributed by atoms with E-state index in [-0.39, 0.29) is 23.0 Å². The van der Waals surface area contributed by atoms with Gasteiger partial charge in [-0.05, 0) is 12.8 Å². The standard InChI is InChI=1S/C14H24N6OS/c1-9(2)14(6,8-15)17-10(21)7-22-12-19-18-11(20(12)16)13(3,4)5/h9H,7,16H2,1-6H3,(H,17,21). The van der Waals surface area contributed by atoms with Crippen LogP contribution in [-0.2, 0) is 10.2 Å². The van der Waals surface area contributed by atoms with Gasteiger partial charge in [-0.1, -0.05) is 46.4 Å². The Morgan fingerprint density at radius 2 is 2.00 bits per heavy atom. The number of nitriles is 1. The van der Waals surface area contributed by atoms with Crippen molar-refractivity contribution in [2.45, 2.75) is 57.7 Å². The van der Waals surface area contributed by atoms with Crippen LogP contribution in [0.3, 0.4) is 0 Å². The Balaban J connectivity index is 2.70. The van der Waals surface area contributed by atoms with Crippen LogP contribution >= 0.6 is 11.8 Å². The molecule has 1 amide bonds. The number of thioether (sulfide) groups is 1. The average Bonchev–Trinajstić information content (AvgIpc) is 2.77. The number of nitrogens with two attached hydrogens (primary N) is 1. The highest BCUT2D eigenvalue weighted by Gasteiger charge is 2.30. The number of nitrogens with one attached hydrogen (secondary N) is 1. The molecule has 0 aliphatic heterocycles. The summed E-state index contributed by atoms with van der Waals surface area (Å²) in [5.41, 5.74) is -1.11. The first-order valence-electron chi connectivity index (χ1n) is 7.07. The second-order valence-electron chi connectivity index (χ2n) is 6.73. The number of carbonyl (C=O) groups excluding carboxylic acids is 1. The summed E-state index contributed by atoms with van der Waals surface area (Å²) in [6.07, 6.45) is 0. The minimum absolute atomic E-state index is 0.0112. The molecule has 8 heteroatoms. The Morgan fingerprint density at radius 3 is 2.41 bits per heavy atom. The zero-order valence-corrected chi connectivity index (χ0v) is 14.8. The third-order valence-electron chi connectivity index (χ3n) is 3.45. The van der Waals surface area contributed by atoms with E-state index in [1.807, 2.05) is 34.6 Å². The summed E-state index contributed by atoms with van der Waals surface area (Å²) in [5.74, 6) is 6.52. The molecule has 0 aromatic carbocycles. The molecule has 1 rings (SSSR count). The number of nitrogen functional groups attached to an aromatic ring is 1. The summed E-state index contributed by atoms with van der Waals surface area (Å²) in [6, 6.07) is 2.14. The number of carbonyl (C=O) groups is 1. The normalized spacial score (nSPS) is 14.5. The Kier molecular flexibility index (Phi) is 5.46. The highest BCUT2D eigenvalue weighted by Crippen LogP contribution is 2.23. The molecular weight excluding hydrogens is 300 g/mol. The maximum atomic E-state index is 12.0. The highest BCUT2D eigenvalue weighted by molar-refractivity contribution is 7.99. The molecule has 122 valence electrons. The fourth-order valence-electron chi connectivity index (χ4n) is 1.64. The monoisotopic (exact) mass is 324 g/mol. The summed E-state index contributed by atoms with van der Waals surface area (Å²) >= 11 is 1.20. The van der Waals surface area contributed by atoms with Crippen LogP contribution in [0.25, 0.3) is 0 Å². The van der Waals surface area contributed by atoms with E-state index < -0.39 is 5.54 Å². The van der Waals surface area contributed by atoms with Gasteiger partial charge in [0.2, 0.25) is 11.1 Å². The Labute approximate surface area is 135 Å². The highest BCUT2D eigenvalue weighted by atomic mass is 32.2. The number of rotatable bonds is 5. The van der Waals surface area contributed by atoms with E-state index in [1.165, 1.54) is 16.4 Å². The fraction of sp³-hybridized carbons (Fsp3) is 0.714. The number of nitrogens with zero attached hydrogens (tertiary/aromatic N) is 4. The third-order valence-corrected chi connectivity index (χ3v) is 4.40. The van der Waals surface area contributed by atoms with Gasteiger partial charge in [-0.25, -0.2) is 4.68 Å². The lowest BCUT2D eigenvalue weighted by atomic mass is 9.90. The van der Waals surface area contributed by atoms with E-state index in [9.17, 15) is 10.1 Å². The molecule has 1 heterocycles. The molecule has 3 N–H and O–H groups in total. The molecule has 22 heavy (non-hydrogen) atoms. The van der Waals surface area contributed by atoms with Gasteiger partial charge in [0, 0.05) is 5.41 Å². The second kappa shape index (κ2) is 6.57. The van der Waals surface area contributed by atoms with Crippen molar-refractivity contribution >= 4 is 17.7 Å². The molecule has 7 nitrogen and oxygen atoms in total. The Morgan fingerprint density at radius 1 is 1.41 bits per heavy atom. The second-order valence-corrected chi connectivity index (χ2v) is 7.67. The van der Waals surface area contributed by atoms with Gasteiger partial charge in [0.05, 0.1) is 11.8 Å². The molecule has 0 aliphatic carbocycles. The van der Waals surface area contributed by atoms with Gasteiger partial charge in [-0.15, -0.1) is 10.2 Å². The van der Waals surface area contributed by atoms with E-state index in [0.717, 1.165) is 0 Å². The largest absolute Gasteiger partial charge is 0.337 e. The van der Waals surface area contributed by atoms with Crippen molar-refractivity contribution in [1.82, 2.24) is 20.2 Å². The number of amides is 1. The minimum Gasteiger partial charge on any atom is -0.337 e. The molecule has 0 saturated carbocycles. The first kappa shape index (κ1) is 18.3. The number of hydrogen-bond acceptors (Lipinski definition) is 6. The smallest absolute Gasteiger partial charge is 0.231 e. The Hall–Kier alpha value is -1.75. The van der Waals surface area contributed by atoms with E-state index in [2.05, 4.69) is 21.6 Å². The van der Waals surface area contributed by atoms with Crippen LogP contribution in [0, 0.1) is 17.2 Å². The van der Waals surface area contributed by atoms with Gasteiger partial charge in [0.25, 0.3) is 0 Å². The summed E-state index contributed by atoms with van der Waals surface area (Å²) in [4.78, 5) is 12.0. The van der Waals surface area contributed by atoms with Crippen molar-refractivity contribution in [2.75, 3.05) is 11.6 Å². The van der Waals surface area contributed by atoms with Crippen LogP contribution < -0.4 is 11.2 Å². The SMILES string of the molecule is CC(C)C(C)(C#N)NC(=O)CSc1nnc(C(C)(C)C)n1N. The van der Waals surface area contributed by atoms with Crippen LogP contribution in [0.5, 0.6) is 0 Å². The maximum Gasteiger partial charge on any atom is 0.231 e. The van der Waals surface area contributed by atoms with Gasteiger partial charge < -0.3 is 11.2 Å². The molecule has 0 radical (unpaired) electrons. The molecule has 1 unspecified atom stereocenters. The lowest BCUT2D eigenvalue weighted by molar-refractivity contribution is -0.120. The van der Waals surface area contributed by atoms with Crippen LogP contribution in [0.1, 0.15) is 47.4 Å². The molecule has 1 atom stereocenters. The summed E-state index contributed by atoms with van der Waals surface area (Å²) < 4.78 is 1.41. The van der Waals surface area contributed by atoms with Crippen LogP contribution in [0.2, 0.25) is 0 Å². The third kappa shape index (κ3) is 4.13. The summed E-state index contributed by atoms with van der Waals surface area (Å²) in [5, 5.41) is 20.5. The lowest BCUT2D eigenvalue weighted by Gasteiger charge is -2.27. The topological polar surface area (TPSA) is 110 Å². The van der Waals surface area contributed by atoms with Crippen molar-refractivity contribution in [2.24, 2.45) is 5.92 Å². The zero-order valence-electron chi connectivity index (χ0n) is 14.0. The van der Waals surface area contributed by atoms with E-state index in [4.69, 9.17) is 5.84 Å². The molecule has 1 aromatic rings. The predicted molar refractivity (Wildman–Crippen MR) is 86.6 cm³/mol. The van der Waals surface area contributed by atoms with E-state index in [0.29, 0.717) is 11.0 Å². The van der Waals surface area contributed by atoms with Crippen molar-refractivity contribution in [3.05, 3.63) is 5.82 Å². The average molecular weight is 324 g/mol. The molecule has 0 saturated heterocycles. The molecule has 1 aromatic heterocycles. The predicted octanol–water partition coefficient (Wildman–Crippen LogP) is 1.44.